The summed E-state index contributed by atoms with van der Waals surface area (Å²) in [5.74, 6) is 2.02. The Hall–Kier alpha value is -1.94. The molecule has 2 heterocycles. The molecule has 0 amide bonds. The third-order valence-corrected chi connectivity index (χ3v) is 6.04. The third-order valence-electron chi connectivity index (χ3n) is 6.04. The molecule has 0 fully saturated rings. The van der Waals surface area contributed by atoms with Crippen molar-refractivity contribution in [3.63, 3.8) is 0 Å². The van der Waals surface area contributed by atoms with Gasteiger partial charge in [0.15, 0.2) is 0 Å². The molecule has 25 heavy (non-hydrogen) atoms. The molecule has 0 N–H and O–H groups in total. The molecule has 1 aromatic carbocycles. The number of benzene rings is 1. The molecule has 4 nitrogen and oxygen atoms in total. The number of hydrogen-bond acceptors (Lipinski definition) is 4. The molecule has 0 saturated heterocycles. The summed E-state index contributed by atoms with van der Waals surface area (Å²) in [5, 5.41) is 0. The van der Waals surface area contributed by atoms with Crippen LogP contribution in [-0.4, -0.2) is 34.0 Å². The summed E-state index contributed by atoms with van der Waals surface area (Å²) in [6.45, 7) is 5.22. The van der Waals surface area contributed by atoms with Crippen molar-refractivity contribution in [1.29, 1.82) is 0 Å². The van der Waals surface area contributed by atoms with Crippen molar-refractivity contribution in [2.75, 3.05) is 32.8 Å². The largest absolute Gasteiger partial charge is 0.497 e. The maximum absolute atomic E-state index is 6.22. The van der Waals surface area contributed by atoms with Gasteiger partial charge in [0.05, 0.1) is 18.9 Å². The third kappa shape index (κ3) is 2.30. The van der Waals surface area contributed by atoms with Gasteiger partial charge in [-0.05, 0) is 36.6 Å². The minimum atomic E-state index is -0.111. The van der Waals surface area contributed by atoms with Gasteiger partial charge >= 0.3 is 0 Å². The van der Waals surface area contributed by atoms with Gasteiger partial charge in [-0.2, -0.15) is 0 Å². The Morgan fingerprint density at radius 2 is 2.04 bits per heavy atom. The quantitative estimate of drug-likeness (QED) is 0.808. The van der Waals surface area contributed by atoms with Crippen molar-refractivity contribution in [2.45, 2.75) is 44.6 Å². The van der Waals surface area contributed by atoms with Crippen molar-refractivity contribution in [3.8, 4) is 5.75 Å². The normalized spacial score (nSPS) is 24.4. The molecule has 1 atom stereocenters. The van der Waals surface area contributed by atoms with Crippen LogP contribution in [0.2, 0.25) is 0 Å². The van der Waals surface area contributed by atoms with E-state index >= 15 is 0 Å². The van der Waals surface area contributed by atoms with E-state index in [0.717, 1.165) is 30.8 Å². The predicted molar refractivity (Wildman–Crippen MR) is 99.1 cm³/mol. The first-order valence-electron chi connectivity index (χ1n) is 9.04. The van der Waals surface area contributed by atoms with E-state index in [0.29, 0.717) is 6.61 Å². The van der Waals surface area contributed by atoms with Crippen LogP contribution in [0.25, 0.3) is 0 Å². The Labute approximate surface area is 150 Å². The maximum Gasteiger partial charge on any atom is 0.119 e. The zero-order valence-corrected chi connectivity index (χ0v) is 15.8. The van der Waals surface area contributed by atoms with Crippen LogP contribution >= 0.6 is 0 Å². The van der Waals surface area contributed by atoms with E-state index in [2.05, 4.69) is 37.9 Å². The molecular formula is C21H27NO3. The minimum absolute atomic E-state index is 0.111. The van der Waals surface area contributed by atoms with E-state index in [1.807, 2.05) is 13.2 Å². The number of methoxy groups -OCH3 is 2. The number of rotatable bonds is 2. The number of hydrogen-bond donors (Lipinski definition) is 0. The van der Waals surface area contributed by atoms with Gasteiger partial charge in [-0.25, -0.2) is 0 Å². The molecule has 1 aromatic rings. The summed E-state index contributed by atoms with van der Waals surface area (Å²) in [6, 6.07) is 6.37. The predicted octanol–water partition coefficient (Wildman–Crippen LogP) is 4.16. The van der Waals surface area contributed by atoms with E-state index < -0.39 is 0 Å². The summed E-state index contributed by atoms with van der Waals surface area (Å²) >= 11 is 0. The van der Waals surface area contributed by atoms with Gasteiger partial charge in [-0.3, -0.25) is 0 Å². The van der Waals surface area contributed by atoms with Crippen LogP contribution < -0.4 is 9.64 Å². The van der Waals surface area contributed by atoms with Gasteiger partial charge in [0.2, 0.25) is 0 Å². The molecule has 1 unspecified atom stereocenters. The van der Waals surface area contributed by atoms with E-state index in [1.165, 1.54) is 28.1 Å². The summed E-state index contributed by atoms with van der Waals surface area (Å²) in [4.78, 5) is 2.32. The average molecular weight is 341 g/mol. The lowest BCUT2D eigenvalue weighted by molar-refractivity contribution is 0.0951. The van der Waals surface area contributed by atoms with Gasteiger partial charge in [-0.15, -0.1) is 0 Å². The second kappa shape index (κ2) is 5.80. The zero-order valence-electron chi connectivity index (χ0n) is 15.8. The van der Waals surface area contributed by atoms with Crippen LogP contribution in [-0.2, 0) is 14.9 Å². The Morgan fingerprint density at radius 3 is 2.76 bits per heavy atom. The smallest absolute Gasteiger partial charge is 0.119 e. The number of ether oxygens (including phenoxy) is 3. The Balaban J connectivity index is 1.92. The minimum Gasteiger partial charge on any atom is -0.497 e. The van der Waals surface area contributed by atoms with Gasteiger partial charge in [-0.1, -0.05) is 13.8 Å². The number of anilines is 1. The second-order valence-electron chi connectivity index (χ2n) is 7.64. The monoisotopic (exact) mass is 341 g/mol. The highest BCUT2D eigenvalue weighted by Crippen LogP contribution is 2.51. The van der Waals surface area contributed by atoms with E-state index in [9.17, 15) is 0 Å². The van der Waals surface area contributed by atoms with Crippen LogP contribution in [0.3, 0.4) is 0 Å². The maximum atomic E-state index is 6.22. The first-order chi connectivity index (χ1) is 12.0. The van der Waals surface area contributed by atoms with Crippen molar-refractivity contribution in [2.24, 2.45) is 0 Å². The van der Waals surface area contributed by atoms with Crippen LogP contribution in [0.5, 0.6) is 5.75 Å². The lowest BCUT2D eigenvalue weighted by Crippen LogP contribution is -2.42. The molecule has 4 rings (SSSR count). The number of fused-ring (bicyclic) bond motifs is 2. The first-order valence-corrected chi connectivity index (χ1v) is 9.04. The van der Waals surface area contributed by atoms with E-state index in [-0.39, 0.29) is 11.5 Å². The van der Waals surface area contributed by atoms with Crippen LogP contribution in [0.15, 0.2) is 40.8 Å². The van der Waals surface area contributed by atoms with E-state index in [4.69, 9.17) is 14.2 Å². The van der Waals surface area contributed by atoms with Gasteiger partial charge < -0.3 is 19.1 Å². The van der Waals surface area contributed by atoms with Crippen molar-refractivity contribution in [1.82, 2.24) is 0 Å². The summed E-state index contributed by atoms with van der Waals surface area (Å²) in [5.41, 5.74) is 6.30. The fourth-order valence-corrected chi connectivity index (χ4v) is 4.54. The molecule has 2 aliphatic heterocycles. The molecular weight excluding hydrogens is 314 g/mol. The Kier molecular flexibility index (Phi) is 3.84. The highest BCUT2D eigenvalue weighted by molar-refractivity contribution is 5.72. The van der Waals surface area contributed by atoms with Crippen LogP contribution in [0.4, 0.5) is 5.69 Å². The number of likely N-dealkylation sites (N-methyl/N-ethyl adjacent to an activating group) is 1. The molecule has 0 saturated carbocycles. The molecule has 0 aromatic heterocycles. The van der Waals surface area contributed by atoms with E-state index in [1.54, 1.807) is 7.11 Å². The first kappa shape index (κ1) is 16.5. The zero-order chi connectivity index (χ0) is 17.8. The molecule has 134 valence electrons. The molecule has 1 aliphatic carbocycles. The summed E-state index contributed by atoms with van der Waals surface area (Å²) in [6.07, 6.45) is 3.31. The highest BCUT2D eigenvalue weighted by Gasteiger charge is 2.43. The van der Waals surface area contributed by atoms with Crippen molar-refractivity contribution in [3.05, 3.63) is 46.4 Å². The molecule has 0 radical (unpaired) electrons. The molecule has 4 heteroatoms. The molecule has 3 aliphatic rings. The number of nitrogens with zero attached hydrogens (tertiary/aromatic N) is 1. The molecule has 0 spiro atoms. The molecule has 0 bridgehead atoms. The summed E-state index contributed by atoms with van der Waals surface area (Å²) in [7, 11) is 5.69. The van der Waals surface area contributed by atoms with Crippen LogP contribution in [0.1, 0.15) is 38.7 Å². The topological polar surface area (TPSA) is 30.9 Å². The standard InChI is InChI=1S/C21H27NO3/c1-21(2)14-11-13(23-4)9-10-16(14)22(3)20-15(21)12-25-18-8-6-7-17(24-5)19(18)20/h9-11,17H,6-8,12H2,1-5H3. The van der Waals surface area contributed by atoms with Gasteiger partial charge in [0, 0.05) is 42.8 Å². The van der Waals surface area contributed by atoms with Crippen LogP contribution in [0, 0.1) is 0 Å². The second-order valence-corrected chi connectivity index (χ2v) is 7.64. The fourth-order valence-electron chi connectivity index (χ4n) is 4.54. The summed E-state index contributed by atoms with van der Waals surface area (Å²) < 4.78 is 17.5. The van der Waals surface area contributed by atoms with Crippen molar-refractivity contribution >= 4 is 5.69 Å². The van der Waals surface area contributed by atoms with Gasteiger partial charge in [0.1, 0.15) is 18.1 Å². The average Bonchev–Trinajstić information content (AvgIpc) is 2.64. The number of allylic oxidation sites excluding steroid dienone is 1. The van der Waals surface area contributed by atoms with Crippen molar-refractivity contribution < 1.29 is 14.2 Å². The lowest BCUT2D eigenvalue weighted by atomic mass is 9.70. The Morgan fingerprint density at radius 1 is 1.24 bits per heavy atom. The fraction of sp³-hybridized carbons (Fsp3) is 0.524. The van der Waals surface area contributed by atoms with Gasteiger partial charge in [0.25, 0.3) is 0 Å². The lowest BCUT2D eigenvalue weighted by Gasteiger charge is -2.47. The Bertz CT molecular complexity index is 775. The highest BCUT2D eigenvalue weighted by atomic mass is 16.5. The SMILES string of the molecule is COc1ccc2c(c1)C(C)(C)C1=C(C3=C(CCCC3OC)OC1)N2C.